The Morgan fingerprint density at radius 1 is 1.04 bits per heavy atom. The molecular weight excluding hydrogens is 298 g/mol. The number of esters is 1. The molecule has 1 rings (SSSR count). The van der Waals surface area contributed by atoms with Gasteiger partial charge in [-0.2, -0.15) is 0 Å². The van der Waals surface area contributed by atoms with Crippen LogP contribution in [-0.4, -0.2) is 37.7 Å². The van der Waals surface area contributed by atoms with Crippen LogP contribution in [0, 0.1) is 5.92 Å². The third-order valence-corrected chi connectivity index (χ3v) is 3.44. The highest BCUT2D eigenvalue weighted by Gasteiger charge is 2.19. The average Bonchev–Trinajstić information content (AvgIpc) is 2.53. The molecule has 0 heterocycles. The van der Waals surface area contributed by atoms with Gasteiger partial charge in [0.25, 0.3) is 5.91 Å². The number of amides is 1. The lowest BCUT2D eigenvalue weighted by atomic mass is 10.1. The van der Waals surface area contributed by atoms with Crippen molar-refractivity contribution in [3.63, 3.8) is 0 Å². The molecule has 1 N–H and O–H groups in total. The van der Waals surface area contributed by atoms with Crippen molar-refractivity contribution in [2.24, 2.45) is 5.92 Å². The van der Waals surface area contributed by atoms with Gasteiger partial charge < -0.3 is 19.5 Å². The van der Waals surface area contributed by atoms with Gasteiger partial charge in [0.05, 0.1) is 7.11 Å². The van der Waals surface area contributed by atoms with Gasteiger partial charge >= 0.3 is 5.97 Å². The Labute approximate surface area is 137 Å². The average molecular weight is 323 g/mol. The van der Waals surface area contributed by atoms with Gasteiger partial charge in [0.1, 0.15) is 11.5 Å². The molecule has 23 heavy (non-hydrogen) atoms. The molecule has 1 amide bonds. The molecule has 0 saturated carbocycles. The summed E-state index contributed by atoms with van der Waals surface area (Å²) in [4.78, 5) is 23.5. The first-order valence-electron chi connectivity index (χ1n) is 7.60. The second-order valence-corrected chi connectivity index (χ2v) is 5.64. The van der Waals surface area contributed by atoms with Crippen LogP contribution in [0.2, 0.25) is 0 Å². The standard InChI is InChI=1S/C17H25NO5/c1-11(2)12(3)18-16(19)10-22-17(20)13(4)23-15-8-6-14(21-5)7-9-15/h6-9,11-13H,10H2,1-5H3,(H,18,19). The second kappa shape index (κ2) is 9.02. The normalized spacial score (nSPS) is 13.1. The van der Waals surface area contributed by atoms with Gasteiger partial charge in [-0.15, -0.1) is 0 Å². The van der Waals surface area contributed by atoms with Crippen LogP contribution in [0.1, 0.15) is 27.7 Å². The molecule has 0 aliphatic rings. The largest absolute Gasteiger partial charge is 0.497 e. The minimum absolute atomic E-state index is 0.0224. The lowest BCUT2D eigenvalue weighted by molar-refractivity contribution is -0.154. The van der Waals surface area contributed by atoms with Crippen molar-refractivity contribution >= 4 is 11.9 Å². The van der Waals surface area contributed by atoms with Crippen LogP contribution in [0.3, 0.4) is 0 Å². The molecule has 0 fully saturated rings. The van der Waals surface area contributed by atoms with Gasteiger partial charge in [0.15, 0.2) is 12.7 Å². The molecular formula is C17H25NO5. The number of rotatable bonds is 8. The maximum Gasteiger partial charge on any atom is 0.347 e. The van der Waals surface area contributed by atoms with Crippen molar-refractivity contribution in [1.82, 2.24) is 5.32 Å². The zero-order chi connectivity index (χ0) is 17.4. The van der Waals surface area contributed by atoms with E-state index in [4.69, 9.17) is 14.2 Å². The second-order valence-electron chi connectivity index (χ2n) is 5.64. The zero-order valence-electron chi connectivity index (χ0n) is 14.3. The molecule has 0 spiro atoms. The fraction of sp³-hybridized carbons (Fsp3) is 0.529. The molecule has 0 saturated heterocycles. The van der Waals surface area contributed by atoms with E-state index in [2.05, 4.69) is 5.32 Å². The molecule has 2 atom stereocenters. The summed E-state index contributed by atoms with van der Waals surface area (Å²) < 4.78 is 15.5. The van der Waals surface area contributed by atoms with Crippen molar-refractivity contribution in [1.29, 1.82) is 0 Å². The number of ether oxygens (including phenoxy) is 3. The van der Waals surface area contributed by atoms with Crippen molar-refractivity contribution in [2.45, 2.75) is 39.8 Å². The van der Waals surface area contributed by atoms with Crippen LogP contribution in [-0.2, 0) is 14.3 Å². The minimum Gasteiger partial charge on any atom is -0.497 e. The van der Waals surface area contributed by atoms with E-state index in [1.165, 1.54) is 0 Å². The summed E-state index contributed by atoms with van der Waals surface area (Å²) in [6, 6.07) is 6.87. The Morgan fingerprint density at radius 2 is 1.61 bits per heavy atom. The predicted octanol–water partition coefficient (Wildman–Crippen LogP) is 2.17. The molecule has 0 bridgehead atoms. The molecule has 1 aromatic carbocycles. The Balaban J connectivity index is 2.40. The molecule has 6 nitrogen and oxygen atoms in total. The van der Waals surface area contributed by atoms with E-state index < -0.39 is 12.1 Å². The third-order valence-electron chi connectivity index (χ3n) is 3.44. The van der Waals surface area contributed by atoms with E-state index in [1.54, 1.807) is 38.3 Å². The van der Waals surface area contributed by atoms with Crippen LogP contribution >= 0.6 is 0 Å². The first-order chi connectivity index (χ1) is 10.8. The summed E-state index contributed by atoms with van der Waals surface area (Å²) in [5.74, 6) is 0.619. The highest BCUT2D eigenvalue weighted by Crippen LogP contribution is 2.18. The van der Waals surface area contributed by atoms with Gasteiger partial charge in [-0.05, 0) is 44.0 Å². The van der Waals surface area contributed by atoms with E-state index in [9.17, 15) is 9.59 Å². The Bertz CT molecular complexity index is 512. The minimum atomic E-state index is -0.807. The maximum absolute atomic E-state index is 11.8. The van der Waals surface area contributed by atoms with Crippen LogP contribution in [0.4, 0.5) is 0 Å². The molecule has 0 aliphatic carbocycles. The number of nitrogens with one attached hydrogen (secondary N) is 1. The summed E-state index contributed by atoms with van der Waals surface area (Å²) in [5, 5.41) is 2.77. The highest BCUT2D eigenvalue weighted by atomic mass is 16.6. The number of benzene rings is 1. The van der Waals surface area contributed by atoms with Gasteiger partial charge in [0.2, 0.25) is 0 Å². The molecule has 2 unspecified atom stereocenters. The molecule has 1 aromatic rings. The Kier molecular flexibility index (Phi) is 7.38. The van der Waals surface area contributed by atoms with Gasteiger partial charge in [-0.25, -0.2) is 4.79 Å². The molecule has 128 valence electrons. The monoisotopic (exact) mass is 323 g/mol. The number of hydrogen-bond acceptors (Lipinski definition) is 5. The van der Waals surface area contributed by atoms with Crippen LogP contribution < -0.4 is 14.8 Å². The maximum atomic E-state index is 11.8. The number of carbonyl (C=O) groups is 2. The molecule has 6 heteroatoms. The van der Waals surface area contributed by atoms with Crippen LogP contribution in [0.25, 0.3) is 0 Å². The number of methoxy groups -OCH3 is 1. The SMILES string of the molecule is COc1ccc(OC(C)C(=O)OCC(=O)NC(C)C(C)C)cc1. The third kappa shape index (κ3) is 6.59. The molecule has 0 aromatic heterocycles. The number of carbonyl (C=O) groups excluding carboxylic acids is 2. The van der Waals surface area contributed by atoms with E-state index >= 15 is 0 Å². The van der Waals surface area contributed by atoms with E-state index in [-0.39, 0.29) is 18.6 Å². The Hall–Kier alpha value is -2.24. The summed E-state index contributed by atoms with van der Waals surface area (Å²) in [7, 11) is 1.57. The summed E-state index contributed by atoms with van der Waals surface area (Å²) >= 11 is 0. The van der Waals surface area contributed by atoms with E-state index in [0.717, 1.165) is 0 Å². The van der Waals surface area contributed by atoms with Gasteiger partial charge in [0, 0.05) is 6.04 Å². The topological polar surface area (TPSA) is 73.9 Å². The van der Waals surface area contributed by atoms with Crippen molar-refractivity contribution < 1.29 is 23.8 Å². The first kappa shape index (κ1) is 18.8. The lowest BCUT2D eigenvalue weighted by Gasteiger charge is -2.18. The van der Waals surface area contributed by atoms with Crippen LogP contribution in [0.15, 0.2) is 24.3 Å². The quantitative estimate of drug-likeness (QED) is 0.742. The number of hydrogen-bond donors (Lipinski definition) is 1. The summed E-state index contributed by atoms with van der Waals surface area (Å²) in [6.45, 7) is 7.16. The van der Waals surface area contributed by atoms with E-state index in [0.29, 0.717) is 17.4 Å². The highest BCUT2D eigenvalue weighted by molar-refractivity contribution is 5.82. The van der Waals surface area contributed by atoms with Gasteiger partial charge in [-0.1, -0.05) is 13.8 Å². The smallest absolute Gasteiger partial charge is 0.347 e. The fourth-order valence-electron chi connectivity index (χ4n) is 1.62. The Morgan fingerprint density at radius 3 is 2.13 bits per heavy atom. The fourth-order valence-corrected chi connectivity index (χ4v) is 1.62. The summed E-state index contributed by atoms with van der Waals surface area (Å²) in [6.07, 6.45) is -0.807. The zero-order valence-corrected chi connectivity index (χ0v) is 14.3. The van der Waals surface area contributed by atoms with Crippen molar-refractivity contribution in [3.8, 4) is 11.5 Å². The van der Waals surface area contributed by atoms with E-state index in [1.807, 2.05) is 20.8 Å². The first-order valence-corrected chi connectivity index (χ1v) is 7.60. The summed E-state index contributed by atoms with van der Waals surface area (Å²) in [5.41, 5.74) is 0. The van der Waals surface area contributed by atoms with Crippen molar-refractivity contribution in [2.75, 3.05) is 13.7 Å². The van der Waals surface area contributed by atoms with Crippen LogP contribution in [0.5, 0.6) is 11.5 Å². The molecule has 0 aliphatic heterocycles. The molecule has 0 radical (unpaired) electrons. The lowest BCUT2D eigenvalue weighted by Crippen LogP contribution is -2.39. The van der Waals surface area contributed by atoms with Crippen molar-refractivity contribution in [3.05, 3.63) is 24.3 Å². The predicted molar refractivity (Wildman–Crippen MR) is 86.5 cm³/mol. The van der Waals surface area contributed by atoms with Gasteiger partial charge in [-0.3, -0.25) is 4.79 Å².